The summed E-state index contributed by atoms with van der Waals surface area (Å²) in [6.45, 7) is 3.09. The van der Waals surface area contributed by atoms with Crippen molar-refractivity contribution in [3.05, 3.63) is 70.5 Å². The van der Waals surface area contributed by atoms with E-state index in [0.29, 0.717) is 30.7 Å². The zero-order valence-corrected chi connectivity index (χ0v) is 14.7. The highest BCUT2D eigenvalue weighted by molar-refractivity contribution is 5.96. The molecule has 2 aromatic heterocycles. The van der Waals surface area contributed by atoms with Crippen molar-refractivity contribution in [2.75, 3.05) is 32.8 Å². The van der Waals surface area contributed by atoms with Crippen LogP contribution in [0.1, 0.15) is 22.2 Å². The number of carbonyl (C=O) groups excluding carboxylic acids is 1. The van der Waals surface area contributed by atoms with Crippen LogP contribution in [0.3, 0.4) is 0 Å². The minimum atomic E-state index is -0.646. The van der Waals surface area contributed by atoms with Gasteiger partial charge in [-0.1, -0.05) is 18.2 Å². The molecule has 0 bridgehead atoms. The van der Waals surface area contributed by atoms with Gasteiger partial charge in [0, 0.05) is 25.0 Å². The number of hydrogen-bond acceptors (Lipinski definition) is 6. The third-order valence-electron chi connectivity index (χ3n) is 4.70. The number of benzene rings is 1. The number of fused-ring (bicyclic) bond motifs is 1. The Labute approximate surface area is 155 Å². The standard InChI is InChI=1S/C20H20N2O5/c23-19(15-12-14-4-1-2-5-17(14)27-20(15)24)21-13-16(18-6-3-9-26-18)22-7-10-25-11-8-22/h1-6,9,12,16H,7-8,10-11,13H2,(H,21,23)/t16-/m0/s1. The number of furan rings is 1. The van der Waals surface area contributed by atoms with Crippen LogP contribution in [0.15, 0.2) is 62.4 Å². The van der Waals surface area contributed by atoms with Crippen molar-refractivity contribution in [2.45, 2.75) is 6.04 Å². The minimum Gasteiger partial charge on any atom is -0.468 e. The Morgan fingerprint density at radius 3 is 2.74 bits per heavy atom. The number of nitrogens with one attached hydrogen (secondary N) is 1. The molecule has 0 unspecified atom stereocenters. The average Bonchev–Trinajstić information content (AvgIpc) is 3.23. The number of nitrogens with zero attached hydrogens (tertiary/aromatic N) is 1. The molecule has 140 valence electrons. The van der Waals surface area contributed by atoms with Crippen molar-refractivity contribution >= 4 is 16.9 Å². The van der Waals surface area contributed by atoms with E-state index >= 15 is 0 Å². The average molecular weight is 368 g/mol. The number of para-hydroxylation sites is 1. The molecule has 0 radical (unpaired) electrons. The summed E-state index contributed by atoms with van der Waals surface area (Å²) < 4.78 is 16.2. The molecule has 7 nitrogen and oxygen atoms in total. The molecule has 1 aliphatic heterocycles. The molecule has 4 rings (SSSR count). The molecule has 1 saturated heterocycles. The Morgan fingerprint density at radius 1 is 1.15 bits per heavy atom. The van der Waals surface area contributed by atoms with E-state index in [1.807, 2.05) is 18.2 Å². The number of morpholine rings is 1. The van der Waals surface area contributed by atoms with Gasteiger partial charge in [-0.3, -0.25) is 9.69 Å². The molecular weight excluding hydrogens is 348 g/mol. The third kappa shape index (κ3) is 3.79. The zero-order valence-electron chi connectivity index (χ0n) is 14.7. The van der Waals surface area contributed by atoms with Gasteiger partial charge in [-0.05, 0) is 24.3 Å². The van der Waals surface area contributed by atoms with Crippen LogP contribution in [0.5, 0.6) is 0 Å². The van der Waals surface area contributed by atoms with Gasteiger partial charge in [-0.15, -0.1) is 0 Å². The van der Waals surface area contributed by atoms with E-state index in [2.05, 4.69) is 10.2 Å². The van der Waals surface area contributed by atoms with Crippen LogP contribution >= 0.6 is 0 Å². The molecule has 1 N–H and O–H groups in total. The van der Waals surface area contributed by atoms with Crippen LogP contribution in [0.4, 0.5) is 0 Å². The predicted molar refractivity (Wildman–Crippen MR) is 98.7 cm³/mol. The van der Waals surface area contributed by atoms with Crippen molar-refractivity contribution in [2.24, 2.45) is 0 Å². The van der Waals surface area contributed by atoms with Gasteiger partial charge in [0.2, 0.25) is 0 Å². The number of ether oxygens (including phenoxy) is 1. The molecular formula is C20H20N2O5. The normalized spacial score (nSPS) is 16.3. The summed E-state index contributed by atoms with van der Waals surface area (Å²) in [5.41, 5.74) is -0.193. The maximum Gasteiger partial charge on any atom is 0.349 e. The topological polar surface area (TPSA) is 84.9 Å². The highest BCUT2D eigenvalue weighted by Gasteiger charge is 2.26. The first-order valence-electron chi connectivity index (χ1n) is 8.88. The maximum atomic E-state index is 12.6. The summed E-state index contributed by atoms with van der Waals surface area (Å²) >= 11 is 0. The van der Waals surface area contributed by atoms with Crippen molar-refractivity contribution in [3.8, 4) is 0 Å². The molecule has 3 aromatic rings. The van der Waals surface area contributed by atoms with Gasteiger partial charge in [-0.25, -0.2) is 4.79 Å². The summed E-state index contributed by atoms with van der Waals surface area (Å²) in [6, 6.07) is 12.3. The first kappa shape index (κ1) is 17.5. The molecule has 1 atom stereocenters. The molecule has 1 fully saturated rings. The fraction of sp³-hybridized carbons (Fsp3) is 0.300. The largest absolute Gasteiger partial charge is 0.468 e. The first-order valence-corrected chi connectivity index (χ1v) is 8.88. The fourth-order valence-electron chi connectivity index (χ4n) is 3.28. The molecule has 1 aliphatic rings. The van der Waals surface area contributed by atoms with Crippen molar-refractivity contribution < 1.29 is 18.4 Å². The van der Waals surface area contributed by atoms with Crippen LogP contribution < -0.4 is 10.9 Å². The lowest BCUT2D eigenvalue weighted by molar-refractivity contribution is 0.0118. The van der Waals surface area contributed by atoms with E-state index in [1.54, 1.807) is 30.5 Å². The second-order valence-corrected chi connectivity index (χ2v) is 6.37. The van der Waals surface area contributed by atoms with E-state index in [1.165, 1.54) is 0 Å². The molecule has 0 spiro atoms. The van der Waals surface area contributed by atoms with Crippen molar-refractivity contribution in [1.82, 2.24) is 10.2 Å². The van der Waals surface area contributed by atoms with Gasteiger partial charge in [0.15, 0.2) is 0 Å². The highest BCUT2D eigenvalue weighted by Crippen LogP contribution is 2.22. The monoisotopic (exact) mass is 368 g/mol. The quantitative estimate of drug-likeness (QED) is 0.695. The van der Waals surface area contributed by atoms with Gasteiger partial charge in [0.05, 0.1) is 25.5 Å². The van der Waals surface area contributed by atoms with Gasteiger partial charge >= 0.3 is 5.63 Å². The Bertz CT molecular complexity index is 973. The molecule has 1 aromatic carbocycles. The first-order chi connectivity index (χ1) is 13.2. The third-order valence-corrected chi connectivity index (χ3v) is 4.70. The van der Waals surface area contributed by atoms with Crippen LogP contribution in [0.25, 0.3) is 11.0 Å². The predicted octanol–water partition coefficient (Wildman–Crippen LogP) is 2.19. The van der Waals surface area contributed by atoms with E-state index < -0.39 is 11.5 Å². The summed E-state index contributed by atoms with van der Waals surface area (Å²) in [5.74, 6) is 0.307. The SMILES string of the molecule is O=C(NC[C@@H](c1ccco1)N1CCOCC1)c1cc2ccccc2oc1=O. The highest BCUT2D eigenvalue weighted by atomic mass is 16.5. The molecule has 0 aliphatic carbocycles. The number of amides is 1. The van der Waals surface area contributed by atoms with Gasteiger partial charge < -0.3 is 18.9 Å². The van der Waals surface area contributed by atoms with Crippen molar-refractivity contribution in [1.29, 1.82) is 0 Å². The van der Waals surface area contributed by atoms with Crippen LogP contribution in [0, 0.1) is 0 Å². The molecule has 7 heteroatoms. The second kappa shape index (κ2) is 7.77. The second-order valence-electron chi connectivity index (χ2n) is 6.37. The van der Waals surface area contributed by atoms with Crippen LogP contribution in [-0.2, 0) is 4.74 Å². The minimum absolute atomic E-state index is 0.00567. The van der Waals surface area contributed by atoms with Crippen LogP contribution in [-0.4, -0.2) is 43.7 Å². The molecule has 27 heavy (non-hydrogen) atoms. The van der Waals surface area contributed by atoms with Gasteiger partial charge in [-0.2, -0.15) is 0 Å². The van der Waals surface area contributed by atoms with E-state index in [-0.39, 0.29) is 11.6 Å². The Hall–Kier alpha value is -2.90. The van der Waals surface area contributed by atoms with E-state index in [0.717, 1.165) is 18.8 Å². The summed E-state index contributed by atoms with van der Waals surface area (Å²) in [4.78, 5) is 27.0. The van der Waals surface area contributed by atoms with E-state index in [9.17, 15) is 9.59 Å². The zero-order chi connectivity index (χ0) is 18.6. The lowest BCUT2D eigenvalue weighted by Crippen LogP contribution is -2.44. The Balaban J connectivity index is 1.53. The fourth-order valence-corrected chi connectivity index (χ4v) is 3.28. The lowest BCUT2D eigenvalue weighted by Gasteiger charge is -2.33. The Morgan fingerprint density at radius 2 is 1.96 bits per heavy atom. The van der Waals surface area contributed by atoms with Crippen molar-refractivity contribution in [3.63, 3.8) is 0 Å². The maximum absolute atomic E-state index is 12.6. The summed E-state index contributed by atoms with van der Waals surface area (Å²) in [7, 11) is 0. The number of carbonyl (C=O) groups is 1. The molecule has 0 saturated carbocycles. The molecule has 3 heterocycles. The van der Waals surface area contributed by atoms with E-state index in [4.69, 9.17) is 13.6 Å². The summed E-state index contributed by atoms with van der Waals surface area (Å²) in [5, 5.41) is 3.56. The van der Waals surface area contributed by atoms with Crippen LogP contribution in [0.2, 0.25) is 0 Å². The number of rotatable bonds is 5. The summed E-state index contributed by atoms with van der Waals surface area (Å²) in [6.07, 6.45) is 1.61. The molecule has 1 amide bonds. The smallest absolute Gasteiger partial charge is 0.349 e. The van der Waals surface area contributed by atoms with Gasteiger partial charge in [0.1, 0.15) is 16.9 Å². The van der Waals surface area contributed by atoms with Gasteiger partial charge in [0.25, 0.3) is 5.91 Å². The lowest BCUT2D eigenvalue weighted by atomic mass is 10.1. The Kier molecular flexibility index (Phi) is 5.04. The number of hydrogen-bond donors (Lipinski definition) is 1.